The maximum atomic E-state index is 6.32. The Morgan fingerprint density at radius 2 is 1.65 bits per heavy atom. The van der Waals surface area contributed by atoms with E-state index in [4.69, 9.17) is 32.9 Å². The van der Waals surface area contributed by atoms with E-state index < -0.39 is 0 Å². The minimum Gasteiger partial charge on any atom is -0.379 e. The maximum absolute atomic E-state index is 6.32. The number of nitrogens with zero attached hydrogens (tertiary/aromatic N) is 3. The number of nitrogens with one attached hydrogen (secondary N) is 1. The molecule has 186 valence electrons. The Hall–Kier alpha value is -3.22. The Morgan fingerprint density at radius 3 is 2.43 bits per heavy atom. The van der Waals surface area contributed by atoms with Crippen molar-refractivity contribution in [3.63, 3.8) is 0 Å². The van der Waals surface area contributed by atoms with Gasteiger partial charge in [0.2, 0.25) is 5.95 Å². The van der Waals surface area contributed by atoms with Crippen molar-refractivity contribution in [2.75, 3.05) is 38.2 Å². The predicted molar refractivity (Wildman–Crippen MR) is 153 cm³/mol. The fourth-order valence-electron chi connectivity index (χ4n) is 4.83. The fraction of sp³-hybridized carbons (Fsp3) is 0.200. The van der Waals surface area contributed by atoms with Gasteiger partial charge in [-0.2, -0.15) is 0 Å². The Morgan fingerprint density at radius 1 is 0.865 bits per heavy atom. The van der Waals surface area contributed by atoms with E-state index in [1.165, 1.54) is 5.56 Å². The van der Waals surface area contributed by atoms with Crippen LogP contribution in [0.15, 0.2) is 79.0 Å². The van der Waals surface area contributed by atoms with Gasteiger partial charge in [0.25, 0.3) is 0 Å². The van der Waals surface area contributed by atoms with Crippen LogP contribution in [-0.4, -0.2) is 47.7 Å². The molecular weight excluding hydrogens is 503 g/mol. The average Bonchev–Trinajstić information content (AvgIpc) is 2.94. The molecule has 37 heavy (non-hydrogen) atoms. The molecule has 7 heteroatoms. The second-order valence-electron chi connectivity index (χ2n) is 9.26. The molecule has 0 amide bonds. The fourth-order valence-corrected chi connectivity index (χ4v) is 5.13. The number of hydrogen-bond acceptors (Lipinski definition) is 5. The first kappa shape index (κ1) is 24.1. The molecule has 1 N–H and O–H groups in total. The molecule has 0 radical (unpaired) electrons. The Bertz CT molecular complexity index is 1570. The van der Waals surface area contributed by atoms with Gasteiger partial charge in [-0.15, -0.1) is 0 Å². The monoisotopic (exact) mass is 528 g/mol. The van der Waals surface area contributed by atoms with E-state index in [1.807, 2.05) is 36.5 Å². The maximum Gasteiger partial charge on any atom is 0.227 e. The summed E-state index contributed by atoms with van der Waals surface area (Å²) in [6.45, 7) is 4.76. The van der Waals surface area contributed by atoms with E-state index in [0.717, 1.165) is 77.8 Å². The van der Waals surface area contributed by atoms with Gasteiger partial charge in [-0.25, -0.2) is 9.97 Å². The van der Waals surface area contributed by atoms with Gasteiger partial charge in [0.15, 0.2) is 0 Å². The van der Waals surface area contributed by atoms with E-state index >= 15 is 0 Å². The van der Waals surface area contributed by atoms with Gasteiger partial charge in [0.05, 0.1) is 28.8 Å². The summed E-state index contributed by atoms with van der Waals surface area (Å²) in [4.78, 5) is 12.0. The van der Waals surface area contributed by atoms with Crippen LogP contribution in [0.5, 0.6) is 0 Å². The van der Waals surface area contributed by atoms with Gasteiger partial charge in [0.1, 0.15) is 0 Å². The molecule has 1 fully saturated rings. The molecule has 0 unspecified atom stereocenters. The molecule has 1 aliphatic heterocycles. The number of hydrogen-bond donors (Lipinski definition) is 1. The van der Waals surface area contributed by atoms with Gasteiger partial charge < -0.3 is 10.1 Å². The highest BCUT2D eigenvalue weighted by atomic mass is 35.5. The number of aromatic nitrogens is 2. The molecule has 1 saturated heterocycles. The summed E-state index contributed by atoms with van der Waals surface area (Å²) in [5.74, 6) is 0.570. The van der Waals surface area contributed by atoms with Crippen LogP contribution in [0.25, 0.3) is 32.8 Å². The molecule has 6 rings (SSSR count). The number of fused-ring (bicyclic) bond motifs is 3. The molecule has 4 aromatic carbocycles. The lowest BCUT2D eigenvalue weighted by Gasteiger charge is -2.26. The minimum atomic E-state index is 0.534. The first-order valence-electron chi connectivity index (χ1n) is 12.4. The van der Waals surface area contributed by atoms with Crippen molar-refractivity contribution >= 4 is 56.5 Å². The summed E-state index contributed by atoms with van der Waals surface area (Å²) in [6, 6.07) is 24.6. The molecular formula is C30H26Cl2N4O. The van der Waals surface area contributed by atoms with Crippen LogP contribution in [0, 0.1) is 0 Å². The van der Waals surface area contributed by atoms with E-state index in [-0.39, 0.29) is 0 Å². The van der Waals surface area contributed by atoms with Gasteiger partial charge in [-0.3, -0.25) is 4.90 Å². The summed E-state index contributed by atoms with van der Waals surface area (Å²) in [5.41, 5.74) is 5.25. The molecule has 5 aromatic rings. The van der Waals surface area contributed by atoms with Gasteiger partial charge in [-0.05, 0) is 58.8 Å². The van der Waals surface area contributed by atoms with Crippen molar-refractivity contribution < 1.29 is 4.74 Å². The van der Waals surface area contributed by atoms with Crippen molar-refractivity contribution in [1.82, 2.24) is 14.9 Å². The van der Waals surface area contributed by atoms with Crippen LogP contribution in [-0.2, 0) is 11.2 Å². The SMILES string of the molecule is Clc1ccc(-c2cc3cnc(Nc4ccc(CCN5CCOCC5)cc4)nc3c3ccccc23)cc1Cl. The lowest BCUT2D eigenvalue weighted by molar-refractivity contribution is 0.0384. The largest absolute Gasteiger partial charge is 0.379 e. The van der Waals surface area contributed by atoms with E-state index in [9.17, 15) is 0 Å². The van der Waals surface area contributed by atoms with Crippen molar-refractivity contribution in [2.24, 2.45) is 0 Å². The molecule has 1 aliphatic rings. The lowest BCUT2D eigenvalue weighted by atomic mass is 9.96. The molecule has 0 spiro atoms. The summed E-state index contributed by atoms with van der Waals surface area (Å²) >= 11 is 12.5. The van der Waals surface area contributed by atoms with E-state index in [2.05, 4.69) is 57.7 Å². The zero-order valence-electron chi connectivity index (χ0n) is 20.3. The highest BCUT2D eigenvalue weighted by molar-refractivity contribution is 6.42. The number of anilines is 2. The molecule has 2 heterocycles. The third-order valence-electron chi connectivity index (χ3n) is 6.85. The third kappa shape index (κ3) is 5.27. The van der Waals surface area contributed by atoms with Crippen LogP contribution >= 0.6 is 23.2 Å². The summed E-state index contributed by atoms with van der Waals surface area (Å²) in [5, 5.41) is 7.57. The number of halogens is 2. The van der Waals surface area contributed by atoms with Gasteiger partial charge in [0, 0.05) is 42.3 Å². The molecule has 5 nitrogen and oxygen atoms in total. The van der Waals surface area contributed by atoms with Gasteiger partial charge in [-0.1, -0.05) is 65.7 Å². The highest BCUT2D eigenvalue weighted by Gasteiger charge is 2.13. The average molecular weight is 529 g/mol. The molecule has 0 saturated carbocycles. The smallest absolute Gasteiger partial charge is 0.227 e. The topological polar surface area (TPSA) is 50.3 Å². The van der Waals surface area contributed by atoms with E-state index in [1.54, 1.807) is 0 Å². The molecule has 0 aliphatic carbocycles. The molecule has 1 aromatic heterocycles. The second kappa shape index (κ2) is 10.6. The zero-order valence-corrected chi connectivity index (χ0v) is 21.8. The molecule has 0 atom stereocenters. The van der Waals surface area contributed by atoms with Crippen LogP contribution in [0.4, 0.5) is 11.6 Å². The quantitative estimate of drug-likeness (QED) is 0.233. The van der Waals surface area contributed by atoms with Crippen LogP contribution < -0.4 is 5.32 Å². The van der Waals surface area contributed by atoms with E-state index in [0.29, 0.717) is 16.0 Å². The third-order valence-corrected chi connectivity index (χ3v) is 7.59. The van der Waals surface area contributed by atoms with Crippen LogP contribution in [0.2, 0.25) is 10.0 Å². The Labute approximate surface area is 226 Å². The minimum absolute atomic E-state index is 0.534. The number of rotatable bonds is 6. The number of ether oxygens (including phenoxy) is 1. The Kier molecular flexibility index (Phi) is 6.94. The predicted octanol–water partition coefficient (Wildman–Crippen LogP) is 7.38. The highest BCUT2D eigenvalue weighted by Crippen LogP contribution is 2.36. The summed E-state index contributed by atoms with van der Waals surface area (Å²) in [7, 11) is 0. The van der Waals surface area contributed by atoms with Crippen LogP contribution in [0.1, 0.15) is 5.56 Å². The zero-order chi connectivity index (χ0) is 25.2. The standard InChI is InChI=1S/C30H26Cl2N4O/c31-27-10-7-21(18-28(27)32)26-17-22-19-33-30(35-29(22)25-4-2-1-3-24(25)26)34-23-8-5-20(6-9-23)11-12-36-13-15-37-16-14-36/h1-10,17-19H,11-16H2,(H,33,34,35). The van der Waals surface area contributed by atoms with Gasteiger partial charge >= 0.3 is 0 Å². The number of benzene rings is 4. The number of morpholine rings is 1. The molecule has 0 bridgehead atoms. The van der Waals surface area contributed by atoms with Crippen molar-refractivity contribution in [3.8, 4) is 11.1 Å². The second-order valence-corrected chi connectivity index (χ2v) is 10.1. The first-order valence-corrected chi connectivity index (χ1v) is 13.2. The van der Waals surface area contributed by atoms with Crippen molar-refractivity contribution in [1.29, 1.82) is 0 Å². The lowest BCUT2D eigenvalue weighted by Crippen LogP contribution is -2.37. The summed E-state index contributed by atoms with van der Waals surface area (Å²) in [6.07, 6.45) is 2.90. The summed E-state index contributed by atoms with van der Waals surface area (Å²) < 4.78 is 5.44. The first-order chi connectivity index (χ1) is 18.1. The van der Waals surface area contributed by atoms with Crippen LogP contribution in [0.3, 0.4) is 0 Å². The Balaban J connectivity index is 1.26. The van der Waals surface area contributed by atoms with Crippen molar-refractivity contribution in [2.45, 2.75) is 6.42 Å². The normalized spacial score (nSPS) is 14.3. The van der Waals surface area contributed by atoms with Crippen molar-refractivity contribution in [3.05, 3.63) is 94.6 Å².